The van der Waals surface area contributed by atoms with Crippen molar-refractivity contribution in [2.24, 2.45) is 0 Å². The van der Waals surface area contributed by atoms with E-state index in [1.165, 1.54) is 4.90 Å². The van der Waals surface area contributed by atoms with Crippen molar-refractivity contribution in [1.82, 2.24) is 15.5 Å². The van der Waals surface area contributed by atoms with Gasteiger partial charge in [-0.1, -0.05) is 36.4 Å². The number of nitrogens with zero attached hydrogens (tertiary/aromatic N) is 1. The van der Waals surface area contributed by atoms with Crippen molar-refractivity contribution in [3.8, 4) is 0 Å². The molecule has 0 bridgehead atoms. The SMILES string of the molecule is CN(Cc1ccccc1)C(=O)NCCC(=O)NCc1ccc(F)cc1C(F)(F)F. The van der Waals surface area contributed by atoms with Gasteiger partial charge in [0.25, 0.3) is 0 Å². The van der Waals surface area contributed by atoms with Crippen LogP contribution in [-0.2, 0) is 24.1 Å². The van der Waals surface area contributed by atoms with Crippen LogP contribution in [0.15, 0.2) is 48.5 Å². The Morgan fingerprint density at radius 3 is 2.38 bits per heavy atom. The molecule has 0 fully saturated rings. The van der Waals surface area contributed by atoms with E-state index >= 15 is 0 Å². The fourth-order valence-electron chi connectivity index (χ4n) is 2.60. The summed E-state index contributed by atoms with van der Waals surface area (Å²) in [6.07, 6.45) is -4.83. The second kappa shape index (κ2) is 9.90. The maximum Gasteiger partial charge on any atom is 0.416 e. The summed E-state index contributed by atoms with van der Waals surface area (Å²) < 4.78 is 51.9. The predicted octanol–water partition coefficient (Wildman–Crippen LogP) is 3.69. The summed E-state index contributed by atoms with van der Waals surface area (Å²) in [5.41, 5.74) is -0.421. The van der Waals surface area contributed by atoms with Crippen molar-refractivity contribution in [2.75, 3.05) is 13.6 Å². The van der Waals surface area contributed by atoms with Gasteiger partial charge in [0.05, 0.1) is 5.56 Å². The number of halogens is 4. The van der Waals surface area contributed by atoms with Gasteiger partial charge in [0.15, 0.2) is 0 Å². The van der Waals surface area contributed by atoms with Crippen LogP contribution in [-0.4, -0.2) is 30.4 Å². The standard InChI is InChI=1S/C20H21F4N3O2/c1-27(13-14-5-3-2-4-6-14)19(29)25-10-9-18(28)26-12-15-7-8-16(21)11-17(15)20(22,23)24/h2-8,11H,9-10,12-13H2,1H3,(H,25,29)(H,26,28). The Morgan fingerprint density at radius 2 is 1.72 bits per heavy atom. The molecular weight excluding hydrogens is 390 g/mol. The number of hydrogen-bond donors (Lipinski definition) is 2. The number of alkyl halides is 3. The highest BCUT2D eigenvalue weighted by molar-refractivity contribution is 5.78. The zero-order valence-corrected chi connectivity index (χ0v) is 15.7. The third-order valence-electron chi connectivity index (χ3n) is 4.09. The van der Waals surface area contributed by atoms with Crippen LogP contribution in [0.4, 0.5) is 22.4 Å². The number of amides is 3. The summed E-state index contributed by atoms with van der Waals surface area (Å²) in [6, 6.07) is 11.2. The van der Waals surface area contributed by atoms with E-state index < -0.39 is 30.0 Å². The van der Waals surface area contributed by atoms with Crippen LogP contribution in [0, 0.1) is 5.82 Å². The molecule has 0 aliphatic rings. The van der Waals surface area contributed by atoms with E-state index in [2.05, 4.69) is 10.6 Å². The molecule has 2 rings (SSSR count). The van der Waals surface area contributed by atoms with Crippen molar-refractivity contribution in [3.05, 3.63) is 71.0 Å². The van der Waals surface area contributed by atoms with Gasteiger partial charge in [-0.15, -0.1) is 0 Å². The minimum absolute atomic E-state index is 0.0271. The number of urea groups is 1. The Morgan fingerprint density at radius 1 is 1.03 bits per heavy atom. The molecule has 0 saturated carbocycles. The molecule has 0 saturated heterocycles. The number of rotatable bonds is 7. The molecular formula is C20H21F4N3O2. The lowest BCUT2D eigenvalue weighted by molar-refractivity contribution is -0.138. The fraction of sp³-hybridized carbons (Fsp3) is 0.300. The van der Waals surface area contributed by atoms with Crippen LogP contribution >= 0.6 is 0 Å². The van der Waals surface area contributed by atoms with Crippen LogP contribution in [0.25, 0.3) is 0 Å². The molecule has 3 amide bonds. The Bertz CT molecular complexity index is 841. The van der Waals surface area contributed by atoms with Crippen molar-refractivity contribution in [1.29, 1.82) is 0 Å². The maximum atomic E-state index is 13.1. The molecule has 0 heterocycles. The van der Waals surface area contributed by atoms with Gasteiger partial charge in [-0.05, 0) is 23.3 Å². The summed E-state index contributed by atoms with van der Waals surface area (Å²) >= 11 is 0. The second-order valence-corrected chi connectivity index (χ2v) is 6.40. The Kier molecular flexibility index (Phi) is 7.58. The molecule has 0 aliphatic carbocycles. The second-order valence-electron chi connectivity index (χ2n) is 6.40. The van der Waals surface area contributed by atoms with Gasteiger partial charge < -0.3 is 15.5 Å². The molecule has 9 heteroatoms. The average Bonchev–Trinajstić information content (AvgIpc) is 2.67. The molecule has 2 aromatic rings. The summed E-state index contributed by atoms with van der Waals surface area (Å²) in [5.74, 6) is -1.54. The first-order chi connectivity index (χ1) is 13.7. The van der Waals surface area contributed by atoms with Crippen LogP contribution < -0.4 is 10.6 Å². The molecule has 0 atom stereocenters. The minimum Gasteiger partial charge on any atom is -0.352 e. The number of nitrogens with one attached hydrogen (secondary N) is 2. The predicted molar refractivity (Wildman–Crippen MR) is 99.2 cm³/mol. The smallest absolute Gasteiger partial charge is 0.352 e. The lowest BCUT2D eigenvalue weighted by atomic mass is 10.1. The van der Waals surface area contributed by atoms with E-state index in [-0.39, 0.29) is 24.6 Å². The van der Waals surface area contributed by atoms with Crippen molar-refractivity contribution in [3.63, 3.8) is 0 Å². The number of carbonyl (C=O) groups is 2. The van der Waals surface area contributed by atoms with Gasteiger partial charge >= 0.3 is 12.2 Å². The first kappa shape index (κ1) is 22.2. The summed E-state index contributed by atoms with van der Waals surface area (Å²) in [4.78, 5) is 25.3. The lowest BCUT2D eigenvalue weighted by Crippen LogP contribution is -2.38. The maximum absolute atomic E-state index is 13.1. The van der Waals surface area contributed by atoms with Crippen LogP contribution in [0.3, 0.4) is 0 Å². The minimum atomic E-state index is -4.72. The Labute approximate surface area is 165 Å². The van der Waals surface area contributed by atoms with E-state index in [0.29, 0.717) is 12.6 Å². The number of hydrogen-bond acceptors (Lipinski definition) is 2. The largest absolute Gasteiger partial charge is 0.416 e. The fourth-order valence-corrected chi connectivity index (χ4v) is 2.60. The first-order valence-corrected chi connectivity index (χ1v) is 8.82. The van der Waals surface area contributed by atoms with E-state index in [1.807, 2.05) is 30.3 Å². The van der Waals surface area contributed by atoms with E-state index in [4.69, 9.17) is 0 Å². The molecule has 29 heavy (non-hydrogen) atoms. The molecule has 2 aromatic carbocycles. The molecule has 5 nitrogen and oxygen atoms in total. The average molecular weight is 411 g/mol. The third kappa shape index (κ3) is 7.10. The molecule has 156 valence electrons. The summed E-state index contributed by atoms with van der Waals surface area (Å²) in [5, 5.41) is 4.92. The topological polar surface area (TPSA) is 61.4 Å². The third-order valence-corrected chi connectivity index (χ3v) is 4.09. The molecule has 0 aromatic heterocycles. The van der Waals surface area contributed by atoms with E-state index in [9.17, 15) is 27.2 Å². The van der Waals surface area contributed by atoms with Gasteiger partial charge in [-0.3, -0.25) is 4.79 Å². The highest BCUT2D eigenvalue weighted by atomic mass is 19.4. The number of carbonyl (C=O) groups excluding carboxylic acids is 2. The van der Waals surface area contributed by atoms with Crippen molar-refractivity contribution in [2.45, 2.75) is 25.7 Å². The summed E-state index contributed by atoms with van der Waals surface area (Å²) in [6.45, 7) is 0.0266. The van der Waals surface area contributed by atoms with Gasteiger partial charge in [0.1, 0.15) is 5.82 Å². The van der Waals surface area contributed by atoms with Crippen molar-refractivity contribution < 1.29 is 27.2 Å². The Balaban J connectivity index is 1.77. The van der Waals surface area contributed by atoms with Crippen LogP contribution in [0.1, 0.15) is 23.1 Å². The normalized spacial score (nSPS) is 11.1. The Hall–Kier alpha value is -3.10. The van der Waals surface area contributed by atoms with E-state index in [1.54, 1.807) is 7.05 Å². The zero-order chi connectivity index (χ0) is 21.4. The number of benzene rings is 2. The van der Waals surface area contributed by atoms with Gasteiger partial charge in [-0.2, -0.15) is 13.2 Å². The van der Waals surface area contributed by atoms with Gasteiger partial charge in [-0.25, -0.2) is 9.18 Å². The van der Waals surface area contributed by atoms with Gasteiger partial charge in [0.2, 0.25) is 5.91 Å². The van der Waals surface area contributed by atoms with Crippen LogP contribution in [0.5, 0.6) is 0 Å². The van der Waals surface area contributed by atoms with Crippen LogP contribution in [0.2, 0.25) is 0 Å². The lowest BCUT2D eigenvalue weighted by Gasteiger charge is -2.18. The van der Waals surface area contributed by atoms with Gasteiger partial charge in [0, 0.05) is 33.1 Å². The zero-order valence-electron chi connectivity index (χ0n) is 15.7. The summed E-state index contributed by atoms with van der Waals surface area (Å²) in [7, 11) is 1.61. The molecule has 2 N–H and O–H groups in total. The highest BCUT2D eigenvalue weighted by Crippen LogP contribution is 2.32. The molecule has 0 aliphatic heterocycles. The van der Waals surface area contributed by atoms with Crippen molar-refractivity contribution >= 4 is 11.9 Å². The monoisotopic (exact) mass is 411 g/mol. The van der Waals surface area contributed by atoms with E-state index in [0.717, 1.165) is 17.7 Å². The molecule has 0 radical (unpaired) electrons. The molecule has 0 spiro atoms. The first-order valence-electron chi connectivity index (χ1n) is 8.82. The quantitative estimate of drug-likeness (QED) is 0.683. The highest BCUT2D eigenvalue weighted by Gasteiger charge is 2.33. The molecule has 0 unspecified atom stereocenters.